The second-order valence-electron chi connectivity index (χ2n) is 6.10. The van der Waals surface area contributed by atoms with E-state index in [9.17, 15) is 0 Å². The summed E-state index contributed by atoms with van der Waals surface area (Å²) in [4.78, 5) is 4.19. The van der Waals surface area contributed by atoms with Gasteiger partial charge in [-0.2, -0.15) is 0 Å². The maximum Gasteiger partial charge on any atom is 0.191 e. The van der Waals surface area contributed by atoms with E-state index in [1.54, 1.807) is 7.05 Å². The lowest BCUT2D eigenvalue weighted by Crippen LogP contribution is -2.37. The molecule has 0 atom stereocenters. The van der Waals surface area contributed by atoms with Crippen LogP contribution in [0.1, 0.15) is 50.5 Å². The van der Waals surface area contributed by atoms with Crippen LogP contribution in [-0.4, -0.2) is 37.9 Å². The van der Waals surface area contributed by atoms with E-state index in [0.717, 1.165) is 49.5 Å². The van der Waals surface area contributed by atoms with Gasteiger partial charge in [-0.05, 0) is 31.1 Å². The molecule has 1 aromatic heterocycles. The SMILES string of the molecule is CN=C(NCCCOCC1CC1)NCc1cc(C(C)C)no1. The maximum absolute atomic E-state index is 5.60. The summed E-state index contributed by atoms with van der Waals surface area (Å²) in [6, 6.07) is 1.98. The van der Waals surface area contributed by atoms with Gasteiger partial charge < -0.3 is 19.9 Å². The summed E-state index contributed by atoms with van der Waals surface area (Å²) >= 11 is 0. The van der Waals surface area contributed by atoms with Crippen molar-refractivity contribution < 1.29 is 9.26 Å². The van der Waals surface area contributed by atoms with Gasteiger partial charge in [0, 0.05) is 32.9 Å². The lowest BCUT2D eigenvalue weighted by molar-refractivity contribution is 0.123. The number of hydrogen-bond acceptors (Lipinski definition) is 4. The summed E-state index contributed by atoms with van der Waals surface area (Å²) in [7, 11) is 1.76. The molecule has 0 unspecified atom stereocenters. The molecule has 0 amide bonds. The highest BCUT2D eigenvalue weighted by atomic mass is 16.5. The second kappa shape index (κ2) is 8.78. The normalized spacial score (nSPS) is 15.4. The van der Waals surface area contributed by atoms with Crippen molar-refractivity contribution in [3.8, 4) is 0 Å². The molecule has 0 spiro atoms. The molecule has 0 saturated heterocycles. The fourth-order valence-corrected chi connectivity index (χ4v) is 1.99. The molecule has 0 aliphatic heterocycles. The van der Waals surface area contributed by atoms with Crippen molar-refractivity contribution in [1.29, 1.82) is 0 Å². The fourth-order valence-electron chi connectivity index (χ4n) is 1.99. The number of aromatic nitrogens is 1. The van der Waals surface area contributed by atoms with Crippen LogP contribution in [-0.2, 0) is 11.3 Å². The molecule has 1 aliphatic rings. The number of hydrogen-bond donors (Lipinski definition) is 2. The molecule has 1 aliphatic carbocycles. The number of ether oxygens (including phenoxy) is 1. The monoisotopic (exact) mass is 308 g/mol. The molecular weight excluding hydrogens is 280 g/mol. The molecule has 2 N–H and O–H groups in total. The molecule has 1 fully saturated rings. The van der Waals surface area contributed by atoms with Gasteiger partial charge in [0.2, 0.25) is 0 Å². The van der Waals surface area contributed by atoms with E-state index < -0.39 is 0 Å². The van der Waals surface area contributed by atoms with Gasteiger partial charge >= 0.3 is 0 Å². The molecule has 22 heavy (non-hydrogen) atoms. The summed E-state index contributed by atoms with van der Waals surface area (Å²) < 4.78 is 10.9. The third-order valence-electron chi connectivity index (χ3n) is 3.63. The van der Waals surface area contributed by atoms with Crippen LogP contribution < -0.4 is 10.6 Å². The van der Waals surface area contributed by atoms with Gasteiger partial charge in [-0.25, -0.2) is 0 Å². The van der Waals surface area contributed by atoms with E-state index in [1.165, 1.54) is 12.8 Å². The van der Waals surface area contributed by atoms with Gasteiger partial charge in [0.05, 0.1) is 12.2 Å². The first-order chi connectivity index (χ1) is 10.7. The number of aliphatic imine (C=N–C) groups is 1. The maximum atomic E-state index is 5.60. The van der Waals surface area contributed by atoms with E-state index in [-0.39, 0.29) is 0 Å². The summed E-state index contributed by atoms with van der Waals surface area (Å²) in [5.74, 6) is 2.80. The molecule has 0 radical (unpaired) electrons. The molecule has 1 saturated carbocycles. The highest BCUT2D eigenvalue weighted by Gasteiger charge is 2.20. The Kier molecular flexibility index (Phi) is 6.71. The van der Waals surface area contributed by atoms with Gasteiger partial charge in [-0.15, -0.1) is 0 Å². The molecule has 6 heteroatoms. The number of guanidine groups is 1. The Labute approximate surface area is 132 Å². The predicted octanol–water partition coefficient (Wildman–Crippen LogP) is 2.28. The summed E-state index contributed by atoms with van der Waals surface area (Å²) in [5, 5.41) is 10.5. The minimum atomic E-state index is 0.380. The summed E-state index contributed by atoms with van der Waals surface area (Å²) in [5.41, 5.74) is 0.979. The van der Waals surface area contributed by atoms with Gasteiger partial charge in [-0.1, -0.05) is 19.0 Å². The molecular formula is C16H28N4O2. The molecule has 1 heterocycles. The van der Waals surface area contributed by atoms with Crippen molar-refractivity contribution >= 4 is 5.96 Å². The van der Waals surface area contributed by atoms with Crippen LogP contribution >= 0.6 is 0 Å². The average Bonchev–Trinajstić information content (AvgIpc) is 3.20. The van der Waals surface area contributed by atoms with Crippen molar-refractivity contribution in [3.05, 3.63) is 17.5 Å². The van der Waals surface area contributed by atoms with Crippen LogP contribution in [0.2, 0.25) is 0 Å². The van der Waals surface area contributed by atoms with E-state index in [0.29, 0.717) is 12.5 Å². The number of nitrogens with zero attached hydrogens (tertiary/aromatic N) is 2. The standard InChI is InChI=1S/C16H28N4O2/c1-12(2)15-9-14(22-20-15)10-19-16(17-3)18-7-4-8-21-11-13-5-6-13/h9,12-13H,4-8,10-11H2,1-3H3,(H2,17,18,19). The topological polar surface area (TPSA) is 71.7 Å². The molecule has 0 bridgehead atoms. The van der Waals surface area contributed by atoms with E-state index in [2.05, 4.69) is 34.6 Å². The van der Waals surface area contributed by atoms with Gasteiger partial charge in [0.25, 0.3) is 0 Å². The Morgan fingerprint density at radius 3 is 2.91 bits per heavy atom. The number of rotatable bonds is 9. The van der Waals surface area contributed by atoms with E-state index in [1.807, 2.05) is 6.07 Å². The Morgan fingerprint density at radius 1 is 1.45 bits per heavy atom. The van der Waals surface area contributed by atoms with Crippen LogP contribution in [0.3, 0.4) is 0 Å². The van der Waals surface area contributed by atoms with Crippen LogP contribution in [0, 0.1) is 5.92 Å². The zero-order chi connectivity index (χ0) is 15.8. The lowest BCUT2D eigenvalue weighted by Gasteiger charge is -2.10. The Morgan fingerprint density at radius 2 is 2.27 bits per heavy atom. The lowest BCUT2D eigenvalue weighted by atomic mass is 10.1. The van der Waals surface area contributed by atoms with E-state index >= 15 is 0 Å². The Bertz CT molecular complexity index is 466. The van der Waals surface area contributed by atoms with Crippen LogP contribution in [0.5, 0.6) is 0 Å². The van der Waals surface area contributed by atoms with Crippen LogP contribution in [0.25, 0.3) is 0 Å². The minimum Gasteiger partial charge on any atom is -0.381 e. The second-order valence-corrected chi connectivity index (χ2v) is 6.10. The van der Waals surface area contributed by atoms with Gasteiger partial charge in [0.1, 0.15) is 0 Å². The number of nitrogens with one attached hydrogen (secondary N) is 2. The van der Waals surface area contributed by atoms with Gasteiger partial charge in [-0.3, -0.25) is 4.99 Å². The van der Waals surface area contributed by atoms with Crippen molar-refractivity contribution in [1.82, 2.24) is 15.8 Å². The zero-order valence-electron chi connectivity index (χ0n) is 13.9. The fraction of sp³-hybridized carbons (Fsp3) is 0.750. The quantitative estimate of drug-likeness (QED) is 0.416. The highest BCUT2D eigenvalue weighted by molar-refractivity contribution is 5.79. The van der Waals surface area contributed by atoms with Crippen molar-refractivity contribution in [3.63, 3.8) is 0 Å². The third-order valence-corrected chi connectivity index (χ3v) is 3.63. The zero-order valence-corrected chi connectivity index (χ0v) is 13.9. The van der Waals surface area contributed by atoms with Crippen molar-refractivity contribution in [2.45, 2.75) is 45.6 Å². The highest BCUT2D eigenvalue weighted by Crippen LogP contribution is 2.28. The molecule has 124 valence electrons. The molecule has 6 nitrogen and oxygen atoms in total. The smallest absolute Gasteiger partial charge is 0.191 e. The first kappa shape index (κ1) is 16.8. The summed E-state index contributed by atoms with van der Waals surface area (Å²) in [6.07, 6.45) is 3.66. The molecule has 1 aromatic rings. The van der Waals surface area contributed by atoms with Crippen LogP contribution in [0.15, 0.2) is 15.6 Å². The van der Waals surface area contributed by atoms with Crippen molar-refractivity contribution in [2.75, 3.05) is 26.8 Å². The Hall–Kier alpha value is -1.56. The molecule has 0 aromatic carbocycles. The van der Waals surface area contributed by atoms with E-state index in [4.69, 9.17) is 9.26 Å². The minimum absolute atomic E-state index is 0.380. The average molecular weight is 308 g/mol. The third kappa shape index (κ3) is 6.05. The van der Waals surface area contributed by atoms with Crippen LogP contribution in [0.4, 0.5) is 0 Å². The van der Waals surface area contributed by atoms with Gasteiger partial charge in [0.15, 0.2) is 11.7 Å². The first-order valence-electron chi connectivity index (χ1n) is 8.16. The largest absolute Gasteiger partial charge is 0.381 e. The molecule has 2 rings (SSSR count). The summed E-state index contributed by atoms with van der Waals surface area (Å²) in [6.45, 7) is 7.36. The Balaban J connectivity index is 1.57. The predicted molar refractivity (Wildman–Crippen MR) is 87.0 cm³/mol. The first-order valence-corrected chi connectivity index (χ1v) is 8.16. The van der Waals surface area contributed by atoms with Crippen molar-refractivity contribution in [2.24, 2.45) is 10.9 Å².